The number of rotatable bonds is 8. The van der Waals surface area contributed by atoms with Gasteiger partial charge in [-0.3, -0.25) is 4.79 Å². The summed E-state index contributed by atoms with van der Waals surface area (Å²) in [7, 11) is 0. The van der Waals surface area contributed by atoms with Crippen LogP contribution >= 0.6 is 11.6 Å². The van der Waals surface area contributed by atoms with E-state index in [1.165, 1.54) is 5.69 Å². The van der Waals surface area contributed by atoms with Crippen molar-refractivity contribution in [3.05, 3.63) is 59.1 Å². The number of ether oxygens (including phenoxy) is 1. The predicted molar refractivity (Wildman–Crippen MR) is 107 cm³/mol. The molecular weight excluding hydrogens is 350 g/mol. The number of nitrogens with zero attached hydrogens (tertiary/aromatic N) is 2. The number of hydrogen-bond donors (Lipinski definition) is 1. The Balaban J connectivity index is 1.86. The highest BCUT2D eigenvalue weighted by Crippen LogP contribution is 2.17. The van der Waals surface area contributed by atoms with Crippen LogP contribution in [0.3, 0.4) is 0 Å². The summed E-state index contributed by atoms with van der Waals surface area (Å²) in [6.45, 7) is 7.85. The van der Waals surface area contributed by atoms with Crippen molar-refractivity contribution in [3.63, 3.8) is 0 Å². The van der Waals surface area contributed by atoms with Crippen LogP contribution in [0.1, 0.15) is 26.3 Å². The molecule has 0 spiro atoms. The van der Waals surface area contributed by atoms with E-state index in [-0.39, 0.29) is 5.91 Å². The van der Waals surface area contributed by atoms with Gasteiger partial charge in [0, 0.05) is 23.8 Å². The molecule has 1 N–H and O–H groups in total. The minimum Gasteiger partial charge on any atom is -0.481 e. The molecule has 138 valence electrons. The molecule has 0 radical (unpaired) electrons. The van der Waals surface area contributed by atoms with E-state index in [2.05, 4.69) is 29.3 Å². The van der Waals surface area contributed by atoms with E-state index < -0.39 is 6.10 Å². The van der Waals surface area contributed by atoms with E-state index in [9.17, 15) is 4.79 Å². The van der Waals surface area contributed by atoms with Gasteiger partial charge >= 0.3 is 0 Å². The smallest absolute Gasteiger partial charge is 0.280 e. The highest BCUT2D eigenvalue weighted by Gasteiger charge is 2.13. The summed E-state index contributed by atoms with van der Waals surface area (Å²) in [5, 5.41) is 4.61. The van der Waals surface area contributed by atoms with Crippen LogP contribution in [0.15, 0.2) is 53.6 Å². The summed E-state index contributed by atoms with van der Waals surface area (Å²) in [4.78, 5) is 14.3. The molecule has 0 fully saturated rings. The van der Waals surface area contributed by atoms with Gasteiger partial charge < -0.3 is 9.64 Å². The first-order chi connectivity index (χ1) is 12.5. The number of nitrogens with one attached hydrogen (secondary N) is 1. The van der Waals surface area contributed by atoms with Crippen molar-refractivity contribution in [2.45, 2.75) is 26.9 Å². The van der Waals surface area contributed by atoms with Gasteiger partial charge in [-0.15, -0.1) is 0 Å². The largest absolute Gasteiger partial charge is 0.481 e. The number of benzene rings is 2. The first kappa shape index (κ1) is 19.8. The van der Waals surface area contributed by atoms with Crippen molar-refractivity contribution in [3.8, 4) is 5.75 Å². The molecule has 1 atom stereocenters. The van der Waals surface area contributed by atoms with E-state index >= 15 is 0 Å². The Morgan fingerprint density at radius 1 is 1.15 bits per heavy atom. The van der Waals surface area contributed by atoms with Crippen LogP contribution in [-0.2, 0) is 4.79 Å². The van der Waals surface area contributed by atoms with Gasteiger partial charge in [-0.1, -0.05) is 23.7 Å². The number of hydrogen-bond acceptors (Lipinski definition) is 4. The minimum absolute atomic E-state index is 0.323. The molecule has 5 nitrogen and oxygen atoms in total. The molecule has 6 heteroatoms. The zero-order valence-corrected chi connectivity index (χ0v) is 16.0. The second-order valence-electron chi connectivity index (χ2n) is 5.71. The maximum absolute atomic E-state index is 12.0. The van der Waals surface area contributed by atoms with Gasteiger partial charge in [0.25, 0.3) is 5.91 Å². The van der Waals surface area contributed by atoms with Crippen molar-refractivity contribution >= 4 is 29.4 Å². The summed E-state index contributed by atoms with van der Waals surface area (Å²) in [5.41, 5.74) is 4.57. The highest BCUT2D eigenvalue weighted by atomic mass is 35.5. The van der Waals surface area contributed by atoms with Crippen LogP contribution in [0, 0.1) is 0 Å². The molecule has 2 aromatic carbocycles. The fourth-order valence-electron chi connectivity index (χ4n) is 2.39. The summed E-state index contributed by atoms with van der Waals surface area (Å²) in [6, 6.07) is 14.9. The Morgan fingerprint density at radius 2 is 1.77 bits per heavy atom. The number of carbonyl (C=O) groups excluding carboxylic acids is 1. The molecule has 1 amide bonds. The monoisotopic (exact) mass is 373 g/mol. The Morgan fingerprint density at radius 3 is 2.35 bits per heavy atom. The quantitative estimate of drug-likeness (QED) is 0.559. The molecule has 0 aromatic heterocycles. The van der Waals surface area contributed by atoms with Crippen LogP contribution in [0.25, 0.3) is 0 Å². The van der Waals surface area contributed by atoms with Crippen LogP contribution in [0.5, 0.6) is 5.75 Å². The number of hydrazone groups is 1. The van der Waals surface area contributed by atoms with Crippen molar-refractivity contribution in [1.29, 1.82) is 0 Å². The van der Waals surface area contributed by atoms with E-state index in [0.717, 1.165) is 18.7 Å². The second kappa shape index (κ2) is 9.82. The Hall–Kier alpha value is -2.53. The van der Waals surface area contributed by atoms with Crippen LogP contribution in [0.2, 0.25) is 5.02 Å². The molecule has 1 unspecified atom stereocenters. The summed E-state index contributed by atoms with van der Waals surface area (Å²) < 4.78 is 5.55. The third-order valence-corrected chi connectivity index (χ3v) is 4.16. The fourth-order valence-corrected chi connectivity index (χ4v) is 2.52. The summed E-state index contributed by atoms with van der Waals surface area (Å²) in [5.74, 6) is 0.254. The lowest BCUT2D eigenvalue weighted by Gasteiger charge is -2.20. The van der Waals surface area contributed by atoms with Crippen molar-refractivity contribution in [1.82, 2.24) is 5.43 Å². The molecule has 0 aliphatic heterocycles. The SMILES string of the molecule is CCN(CC)c1ccc(/C=N/NC(=O)C(C)Oc2ccc(Cl)cc2)cc1. The van der Waals surface area contributed by atoms with E-state index in [1.54, 1.807) is 37.4 Å². The third kappa shape index (κ3) is 5.77. The molecule has 0 bridgehead atoms. The lowest BCUT2D eigenvalue weighted by molar-refractivity contribution is -0.127. The zero-order valence-electron chi connectivity index (χ0n) is 15.3. The van der Waals surface area contributed by atoms with E-state index in [0.29, 0.717) is 10.8 Å². The zero-order chi connectivity index (χ0) is 18.9. The lowest BCUT2D eigenvalue weighted by atomic mass is 10.2. The Labute approximate surface area is 159 Å². The van der Waals surface area contributed by atoms with Gasteiger partial charge in [-0.05, 0) is 62.7 Å². The third-order valence-electron chi connectivity index (χ3n) is 3.91. The van der Waals surface area contributed by atoms with Crippen LogP contribution in [0.4, 0.5) is 5.69 Å². The molecule has 26 heavy (non-hydrogen) atoms. The molecule has 2 rings (SSSR count). The minimum atomic E-state index is -0.668. The van der Waals surface area contributed by atoms with Gasteiger partial charge in [-0.2, -0.15) is 5.10 Å². The maximum Gasteiger partial charge on any atom is 0.280 e. The summed E-state index contributed by atoms with van der Waals surface area (Å²) >= 11 is 5.82. The highest BCUT2D eigenvalue weighted by molar-refractivity contribution is 6.30. The molecule has 0 aliphatic carbocycles. The van der Waals surface area contributed by atoms with Crippen molar-refractivity contribution in [2.24, 2.45) is 5.10 Å². The summed E-state index contributed by atoms with van der Waals surface area (Å²) in [6.07, 6.45) is 0.942. The predicted octanol–water partition coefficient (Wildman–Crippen LogP) is 4.10. The van der Waals surface area contributed by atoms with Gasteiger partial charge in [0.15, 0.2) is 6.10 Å². The molecule has 0 saturated carbocycles. The fraction of sp³-hybridized carbons (Fsp3) is 0.300. The first-order valence-electron chi connectivity index (χ1n) is 8.63. The van der Waals surface area contributed by atoms with Crippen molar-refractivity contribution in [2.75, 3.05) is 18.0 Å². The Kier molecular flexibility index (Phi) is 7.48. The van der Waals surface area contributed by atoms with Gasteiger partial charge in [0.1, 0.15) is 5.75 Å². The number of anilines is 1. The molecule has 0 saturated heterocycles. The van der Waals surface area contributed by atoms with Gasteiger partial charge in [0.2, 0.25) is 0 Å². The standard InChI is InChI=1S/C20H24ClN3O2/c1-4-24(5-2)18-10-6-16(7-11-18)14-22-23-20(25)15(3)26-19-12-8-17(21)9-13-19/h6-15H,4-5H2,1-3H3,(H,23,25)/b22-14+. The average molecular weight is 374 g/mol. The average Bonchev–Trinajstić information content (AvgIpc) is 2.65. The Bertz CT molecular complexity index is 726. The van der Waals surface area contributed by atoms with Gasteiger partial charge in [-0.25, -0.2) is 5.43 Å². The van der Waals surface area contributed by atoms with E-state index in [1.807, 2.05) is 24.3 Å². The lowest BCUT2D eigenvalue weighted by Crippen LogP contribution is -2.33. The number of halogens is 1. The number of carbonyl (C=O) groups is 1. The number of amides is 1. The second-order valence-corrected chi connectivity index (χ2v) is 6.15. The first-order valence-corrected chi connectivity index (χ1v) is 9.01. The maximum atomic E-state index is 12.0. The molecule has 0 heterocycles. The van der Waals surface area contributed by atoms with Crippen LogP contribution < -0.4 is 15.1 Å². The van der Waals surface area contributed by atoms with Gasteiger partial charge in [0.05, 0.1) is 6.21 Å². The van der Waals surface area contributed by atoms with Crippen molar-refractivity contribution < 1.29 is 9.53 Å². The van der Waals surface area contributed by atoms with E-state index in [4.69, 9.17) is 16.3 Å². The molecule has 2 aromatic rings. The normalized spacial score (nSPS) is 12.0. The molecular formula is C20H24ClN3O2. The van der Waals surface area contributed by atoms with Crippen LogP contribution in [-0.4, -0.2) is 31.3 Å². The molecule has 0 aliphatic rings. The topological polar surface area (TPSA) is 53.9 Å².